The van der Waals surface area contributed by atoms with Crippen LogP contribution >= 0.6 is 23.2 Å². The molecule has 0 saturated heterocycles. The van der Waals surface area contributed by atoms with Crippen molar-refractivity contribution in [3.8, 4) is 0 Å². The van der Waals surface area contributed by atoms with Crippen molar-refractivity contribution in [3.63, 3.8) is 0 Å². The summed E-state index contributed by atoms with van der Waals surface area (Å²) in [5, 5.41) is 5.31. The molecule has 2 aromatic rings. The van der Waals surface area contributed by atoms with Crippen LogP contribution in [0.2, 0.25) is 10.0 Å². The van der Waals surface area contributed by atoms with Gasteiger partial charge in [-0.25, -0.2) is 8.78 Å². The van der Waals surface area contributed by atoms with Crippen molar-refractivity contribution in [2.24, 2.45) is 0 Å². The number of nitrogens with one attached hydrogen (secondary N) is 2. The summed E-state index contributed by atoms with van der Waals surface area (Å²) in [7, 11) is 0. The maximum absolute atomic E-state index is 13.5. The van der Waals surface area contributed by atoms with Gasteiger partial charge in [-0.2, -0.15) is 0 Å². The molecule has 0 aliphatic rings. The zero-order valence-electron chi connectivity index (χ0n) is 12.7. The molecule has 4 N–H and O–H groups in total. The smallest absolute Gasteiger partial charge is 0.254 e. The normalized spacial score (nSPS) is 10.4. The molecule has 0 bridgehead atoms. The molecule has 132 valence electrons. The second-order valence-corrected chi connectivity index (χ2v) is 5.85. The lowest BCUT2D eigenvalue weighted by Crippen LogP contribution is -2.28. The van der Waals surface area contributed by atoms with E-state index in [0.29, 0.717) is 11.8 Å². The maximum Gasteiger partial charge on any atom is 0.254 e. The summed E-state index contributed by atoms with van der Waals surface area (Å²) in [4.78, 5) is 23.6. The SMILES string of the molecule is Nc1c(Cl)cc(NC(=O)CCNC(=O)c2ccc(F)cc2F)cc1Cl. The van der Waals surface area contributed by atoms with Crippen LogP contribution < -0.4 is 16.4 Å². The number of hydrogen-bond acceptors (Lipinski definition) is 3. The van der Waals surface area contributed by atoms with Crippen molar-refractivity contribution in [1.29, 1.82) is 0 Å². The third kappa shape index (κ3) is 5.04. The second kappa shape index (κ2) is 8.13. The van der Waals surface area contributed by atoms with Gasteiger partial charge in [0.2, 0.25) is 5.91 Å². The minimum atomic E-state index is -0.979. The van der Waals surface area contributed by atoms with Crippen LogP contribution in [0.15, 0.2) is 30.3 Å². The Hall–Kier alpha value is -2.38. The Balaban J connectivity index is 1.87. The number of carbonyl (C=O) groups is 2. The van der Waals surface area contributed by atoms with Gasteiger partial charge in [-0.15, -0.1) is 0 Å². The van der Waals surface area contributed by atoms with Crippen LogP contribution in [0.1, 0.15) is 16.8 Å². The summed E-state index contributed by atoms with van der Waals surface area (Å²) in [6, 6.07) is 5.48. The summed E-state index contributed by atoms with van der Waals surface area (Å²) in [5.41, 5.74) is 5.84. The number of benzene rings is 2. The van der Waals surface area contributed by atoms with Gasteiger partial charge in [-0.05, 0) is 24.3 Å². The first-order valence-electron chi connectivity index (χ1n) is 7.05. The molecule has 0 aliphatic carbocycles. The zero-order chi connectivity index (χ0) is 18.6. The highest BCUT2D eigenvalue weighted by molar-refractivity contribution is 6.39. The van der Waals surface area contributed by atoms with E-state index in [0.717, 1.165) is 12.1 Å². The maximum atomic E-state index is 13.5. The largest absolute Gasteiger partial charge is 0.396 e. The Morgan fingerprint density at radius 1 is 1.08 bits per heavy atom. The van der Waals surface area contributed by atoms with E-state index in [9.17, 15) is 18.4 Å². The lowest BCUT2D eigenvalue weighted by Gasteiger charge is -2.09. The number of halogens is 4. The fourth-order valence-corrected chi connectivity index (χ4v) is 2.43. The minimum absolute atomic E-state index is 0.0437. The Kier molecular flexibility index (Phi) is 6.17. The third-order valence-electron chi connectivity index (χ3n) is 3.18. The van der Waals surface area contributed by atoms with Gasteiger partial charge in [-0.1, -0.05) is 23.2 Å². The highest BCUT2D eigenvalue weighted by Gasteiger charge is 2.13. The molecule has 0 unspecified atom stereocenters. The highest BCUT2D eigenvalue weighted by Crippen LogP contribution is 2.31. The van der Waals surface area contributed by atoms with E-state index in [1.165, 1.54) is 12.1 Å². The number of amides is 2. The molecular formula is C16H13Cl2F2N3O2. The van der Waals surface area contributed by atoms with Gasteiger partial charge in [0.25, 0.3) is 5.91 Å². The van der Waals surface area contributed by atoms with Crippen molar-refractivity contribution in [1.82, 2.24) is 5.32 Å². The molecule has 0 atom stereocenters. The van der Waals surface area contributed by atoms with Crippen molar-refractivity contribution in [2.75, 3.05) is 17.6 Å². The molecule has 0 heterocycles. The fourth-order valence-electron chi connectivity index (χ4n) is 1.94. The van der Waals surface area contributed by atoms with Crippen molar-refractivity contribution >= 4 is 46.4 Å². The Labute approximate surface area is 152 Å². The number of hydrogen-bond donors (Lipinski definition) is 3. The quantitative estimate of drug-likeness (QED) is 0.685. The van der Waals surface area contributed by atoms with Gasteiger partial charge < -0.3 is 16.4 Å². The molecule has 0 saturated carbocycles. The highest BCUT2D eigenvalue weighted by atomic mass is 35.5. The van der Waals surface area contributed by atoms with Crippen LogP contribution in [0.5, 0.6) is 0 Å². The van der Waals surface area contributed by atoms with Crippen molar-refractivity contribution in [2.45, 2.75) is 6.42 Å². The van der Waals surface area contributed by atoms with Crippen molar-refractivity contribution in [3.05, 3.63) is 57.6 Å². The molecule has 2 aromatic carbocycles. The van der Waals surface area contributed by atoms with E-state index < -0.39 is 23.4 Å². The Morgan fingerprint density at radius 2 is 1.72 bits per heavy atom. The second-order valence-electron chi connectivity index (χ2n) is 5.03. The molecular weight excluding hydrogens is 375 g/mol. The molecule has 2 amide bonds. The van der Waals surface area contributed by atoms with E-state index in [1.807, 2.05) is 0 Å². The monoisotopic (exact) mass is 387 g/mol. The summed E-state index contributed by atoms with van der Waals surface area (Å²) in [5.74, 6) is -2.93. The third-order valence-corrected chi connectivity index (χ3v) is 3.80. The predicted octanol–water partition coefficient (Wildman–Crippen LogP) is 3.61. The number of nitrogens with two attached hydrogens (primary N) is 1. The number of rotatable bonds is 5. The Morgan fingerprint density at radius 3 is 2.32 bits per heavy atom. The number of anilines is 2. The van der Waals surface area contributed by atoms with Gasteiger partial charge in [0.15, 0.2) is 0 Å². The molecule has 0 aliphatic heterocycles. The lowest BCUT2D eigenvalue weighted by atomic mass is 10.2. The van der Waals surface area contributed by atoms with Crippen molar-refractivity contribution < 1.29 is 18.4 Å². The van der Waals surface area contributed by atoms with E-state index in [2.05, 4.69) is 10.6 Å². The van der Waals surface area contributed by atoms with Crippen LogP contribution in [-0.4, -0.2) is 18.4 Å². The van der Waals surface area contributed by atoms with Gasteiger partial charge in [0.05, 0.1) is 21.3 Å². The Bertz CT molecular complexity index is 808. The van der Waals surface area contributed by atoms with Gasteiger partial charge in [-0.3, -0.25) is 9.59 Å². The minimum Gasteiger partial charge on any atom is -0.396 e. The lowest BCUT2D eigenvalue weighted by molar-refractivity contribution is -0.116. The van der Waals surface area contributed by atoms with E-state index in [-0.39, 0.29) is 34.3 Å². The van der Waals surface area contributed by atoms with Gasteiger partial charge >= 0.3 is 0 Å². The van der Waals surface area contributed by atoms with Crippen LogP contribution in [0.4, 0.5) is 20.2 Å². The zero-order valence-corrected chi connectivity index (χ0v) is 14.2. The molecule has 0 spiro atoms. The summed E-state index contributed by atoms with van der Waals surface area (Å²) < 4.78 is 26.3. The number of carbonyl (C=O) groups excluding carboxylic acids is 2. The van der Waals surface area contributed by atoms with E-state index >= 15 is 0 Å². The summed E-state index contributed by atoms with van der Waals surface area (Å²) in [6.07, 6.45) is -0.0752. The fraction of sp³-hybridized carbons (Fsp3) is 0.125. The summed E-state index contributed by atoms with van der Waals surface area (Å²) >= 11 is 11.7. The molecule has 9 heteroatoms. The van der Waals surface area contributed by atoms with Crippen LogP contribution in [0.25, 0.3) is 0 Å². The van der Waals surface area contributed by atoms with Gasteiger partial charge in [0, 0.05) is 24.7 Å². The molecule has 25 heavy (non-hydrogen) atoms. The molecule has 5 nitrogen and oxygen atoms in total. The molecule has 0 aromatic heterocycles. The average Bonchev–Trinajstić information content (AvgIpc) is 2.52. The standard InChI is InChI=1S/C16H13Cl2F2N3O2/c17-11-6-9(7-12(18)15(11)21)23-14(24)3-4-22-16(25)10-2-1-8(19)5-13(10)20/h1-2,5-7H,3-4,21H2,(H,22,25)(H,23,24). The predicted molar refractivity (Wildman–Crippen MR) is 92.8 cm³/mol. The van der Waals surface area contributed by atoms with E-state index in [1.54, 1.807) is 0 Å². The van der Waals surface area contributed by atoms with Crippen LogP contribution in [0.3, 0.4) is 0 Å². The molecule has 0 radical (unpaired) electrons. The van der Waals surface area contributed by atoms with Crippen LogP contribution in [-0.2, 0) is 4.79 Å². The topological polar surface area (TPSA) is 84.2 Å². The van der Waals surface area contributed by atoms with Crippen LogP contribution in [0, 0.1) is 11.6 Å². The number of nitrogen functional groups attached to an aromatic ring is 1. The molecule has 0 fully saturated rings. The summed E-state index contributed by atoms with van der Waals surface area (Å²) in [6.45, 7) is -0.0437. The molecule has 2 rings (SSSR count). The average molecular weight is 388 g/mol. The first kappa shape index (κ1) is 19.0. The van der Waals surface area contributed by atoms with Gasteiger partial charge in [0.1, 0.15) is 11.6 Å². The first-order chi connectivity index (χ1) is 11.8. The van der Waals surface area contributed by atoms with E-state index in [4.69, 9.17) is 28.9 Å². The first-order valence-corrected chi connectivity index (χ1v) is 7.81.